The summed E-state index contributed by atoms with van der Waals surface area (Å²) in [7, 11) is -3.63. The van der Waals surface area contributed by atoms with E-state index in [1.807, 2.05) is 0 Å². The van der Waals surface area contributed by atoms with Gasteiger partial charge in [0.1, 0.15) is 0 Å². The Balaban J connectivity index is 2.35. The Labute approximate surface area is 142 Å². The Morgan fingerprint density at radius 2 is 1.71 bits per heavy atom. The van der Waals surface area contributed by atoms with E-state index in [2.05, 4.69) is 0 Å². The van der Waals surface area contributed by atoms with Crippen molar-refractivity contribution in [3.8, 4) is 0 Å². The van der Waals surface area contributed by atoms with Crippen molar-refractivity contribution in [2.45, 2.75) is 30.1 Å². The van der Waals surface area contributed by atoms with Crippen molar-refractivity contribution in [2.24, 2.45) is 5.73 Å². The zero-order chi connectivity index (χ0) is 17.7. The van der Waals surface area contributed by atoms with Gasteiger partial charge in [-0.15, -0.1) is 0 Å². The van der Waals surface area contributed by atoms with Crippen LogP contribution < -0.4 is 5.73 Å². The highest BCUT2D eigenvalue weighted by atomic mass is 32.2. The quantitative estimate of drug-likeness (QED) is 0.811. The second kappa shape index (κ2) is 7.59. The fourth-order valence-corrected chi connectivity index (χ4v) is 3.72. The van der Waals surface area contributed by atoms with Crippen molar-refractivity contribution in [1.29, 1.82) is 0 Å². The molecule has 0 saturated heterocycles. The van der Waals surface area contributed by atoms with Crippen LogP contribution in [0.1, 0.15) is 28.4 Å². The van der Waals surface area contributed by atoms with Crippen LogP contribution in [0.3, 0.4) is 0 Å². The Morgan fingerprint density at radius 3 is 2.25 bits per heavy atom. The molecule has 0 fully saturated rings. The van der Waals surface area contributed by atoms with Crippen LogP contribution in [0.2, 0.25) is 0 Å². The molecule has 0 unspecified atom stereocenters. The molecule has 2 aromatic rings. The molecule has 128 valence electrons. The number of rotatable bonds is 6. The van der Waals surface area contributed by atoms with Crippen LogP contribution in [0.5, 0.6) is 0 Å². The third-order valence-corrected chi connectivity index (χ3v) is 5.44. The van der Waals surface area contributed by atoms with E-state index in [1.165, 1.54) is 18.2 Å². The second-order valence-electron chi connectivity index (χ2n) is 5.38. The molecule has 0 bridgehead atoms. The predicted molar refractivity (Wildman–Crippen MR) is 91.8 cm³/mol. The van der Waals surface area contributed by atoms with E-state index in [1.54, 1.807) is 38.1 Å². The monoisotopic (exact) mass is 347 g/mol. The van der Waals surface area contributed by atoms with Crippen molar-refractivity contribution < 1.29 is 17.9 Å². The molecule has 24 heavy (non-hydrogen) atoms. The van der Waals surface area contributed by atoms with Gasteiger partial charge in [0.25, 0.3) is 0 Å². The molecule has 0 saturated carbocycles. The average Bonchev–Trinajstić information content (AvgIpc) is 2.55. The molecule has 2 rings (SSSR count). The van der Waals surface area contributed by atoms with Gasteiger partial charge >= 0.3 is 5.97 Å². The minimum atomic E-state index is -3.63. The largest absolute Gasteiger partial charge is 0.462 e. The fraction of sp³-hybridized carbons (Fsp3) is 0.278. The topological polar surface area (TPSA) is 86.5 Å². The number of hydrogen-bond acceptors (Lipinski definition) is 5. The van der Waals surface area contributed by atoms with Crippen molar-refractivity contribution >= 4 is 15.8 Å². The lowest BCUT2D eigenvalue weighted by atomic mass is 10.1. The van der Waals surface area contributed by atoms with E-state index < -0.39 is 15.8 Å². The number of esters is 1. The fourth-order valence-electron chi connectivity index (χ4n) is 2.38. The molecular weight excluding hydrogens is 326 g/mol. The summed E-state index contributed by atoms with van der Waals surface area (Å²) >= 11 is 0. The Kier molecular flexibility index (Phi) is 5.75. The van der Waals surface area contributed by atoms with E-state index >= 15 is 0 Å². The van der Waals surface area contributed by atoms with Crippen molar-refractivity contribution in [3.63, 3.8) is 0 Å². The molecule has 5 nitrogen and oxygen atoms in total. The number of carbonyl (C=O) groups excluding carboxylic acids is 1. The summed E-state index contributed by atoms with van der Waals surface area (Å²) in [5.74, 6) is -0.454. The third-order valence-electron chi connectivity index (χ3n) is 3.67. The van der Waals surface area contributed by atoms with Gasteiger partial charge in [0, 0.05) is 0 Å². The minimum absolute atomic E-state index is 0.152. The van der Waals surface area contributed by atoms with E-state index in [4.69, 9.17) is 10.5 Å². The highest BCUT2D eigenvalue weighted by Crippen LogP contribution is 2.24. The molecule has 0 amide bonds. The van der Waals surface area contributed by atoms with Crippen molar-refractivity contribution in [3.05, 3.63) is 59.2 Å². The van der Waals surface area contributed by atoms with E-state index in [0.717, 1.165) is 5.56 Å². The van der Waals surface area contributed by atoms with Crippen LogP contribution in [-0.2, 0) is 21.0 Å². The third kappa shape index (κ3) is 3.83. The van der Waals surface area contributed by atoms with Crippen LogP contribution in [-0.4, -0.2) is 27.5 Å². The molecule has 0 aliphatic rings. The zero-order valence-electron chi connectivity index (χ0n) is 13.8. The van der Waals surface area contributed by atoms with E-state index in [-0.39, 0.29) is 16.4 Å². The van der Waals surface area contributed by atoms with Crippen LogP contribution in [0, 0.1) is 6.92 Å². The van der Waals surface area contributed by atoms with Gasteiger partial charge in [0.15, 0.2) is 0 Å². The first-order chi connectivity index (χ1) is 11.4. The summed E-state index contributed by atoms with van der Waals surface area (Å²) in [4.78, 5) is 12.2. The molecule has 0 aromatic heterocycles. The zero-order valence-corrected chi connectivity index (χ0v) is 14.6. The van der Waals surface area contributed by atoms with Gasteiger partial charge in [-0.05, 0) is 68.3 Å². The maximum atomic E-state index is 12.7. The summed E-state index contributed by atoms with van der Waals surface area (Å²) in [5, 5.41) is 0. The molecule has 0 heterocycles. The number of carbonyl (C=O) groups is 1. The van der Waals surface area contributed by atoms with Gasteiger partial charge in [-0.2, -0.15) is 0 Å². The standard InChI is InChI=1S/C18H21NO4S/c1-3-23-18(20)17-9-8-16(12-13(17)2)24(21,22)15-6-4-14(5-7-15)10-11-19/h4-9,12H,3,10-11,19H2,1-2H3. The van der Waals surface area contributed by atoms with Crippen LogP contribution in [0.4, 0.5) is 0 Å². The Hall–Kier alpha value is -2.18. The minimum Gasteiger partial charge on any atom is -0.462 e. The molecule has 0 aliphatic carbocycles. The highest BCUT2D eigenvalue weighted by molar-refractivity contribution is 7.91. The molecule has 0 atom stereocenters. The lowest BCUT2D eigenvalue weighted by molar-refractivity contribution is 0.0525. The first-order valence-corrected chi connectivity index (χ1v) is 9.20. The molecule has 2 N–H and O–H groups in total. The summed E-state index contributed by atoms with van der Waals surface area (Å²) < 4.78 is 30.4. The number of sulfone groups is 1. The van der Waals surface area contributed by atoms with Crippen LogP contribution >= 0.6 is 0 Å². The van der Waals surface area contributed by atoms with Gasteiger partial charge in [-0.25, -0.2) is 13.2 Å². The molecular formula is C18H21NO4S. The average molecular weight is 347 g/mol. The summed E-state index contributed by atoms with van der Waals surface area (Å²) in [5.41, 5.74) is 7.42. The number of ether oxygens (including phenoxy) is 1. The summed E-state index contributed by atoms with van der Waals surface area (Å²) in [6.07, 6.45) is 0.702. The molecule has 0 radical (unpaired) electrons. The lowest BCUT2D eigenvalue weighted by Crippen LogP contribution is -2.09. The van der Waals surface area contributed by atoms with Crippen LogP contribution in [0.15, 0.2) is 52.3 Å². The van der Waals surface area contributed by atoms with E-state index in [9.17, 15) is 13.2 Å². The molecule has 6 heteroatoms. The molecule has 2 aromatic carbocycles. The van der Waals surface area contributed by atoms with Gasteiger partial charge in [-0.1, -0.05) is 12.1 Å². The smallest absolute Gasteiger partial charge is 0.338 e. The summed E-state index contributed by atoms with van der Waals surface area (Å²) in [6.45, 7) is 4.20. The maximum Gasteiger partial charge on any atom is 0.338 e. The van der Waals surface area contributed by atoms with Gasteiger partial charge in [-0.3, -0.25) is 0 Å². The first-order valence-electron chi connectivity index (χ1n) is 7.72. The van der Waals surface area contributed by atoms with Gasteiger partial charge < -0.3 is 10.5 Å². The van der Waals surface area contributed by atoms with Crippen molar-refractivity contribution in [2.75, 3.05) is 13.2 Å². The predicted octanol–water partition coefficient (Wildman–Crippen LogP) is 2.51. The number of hydrogen-bond donors (Lipinski definition) is 1. The van der Waals surface area contributed by atoms with Gasteiger partial charge in [0.05, 0.1) is 22.0 Å². The first kappa shape index (κ1) is 18.2. The number of aryl methyl sites for hydroxylation is 1. The number of nitrogens with two attached hydrogens (primary N) is 1. The van der Waals surface area contributed by atoms with Crippen LogP contribution in [0.25, 0.3) is 0 Å². The molecule has 0 spiro atoms. The van der Waals surface area contributed by atoms with E-state index in [0.29, 0.717) is 24.1 Å². The van der Waals surface area contributed by atoms with Crippen molar-refractivity contribution in [1.82, 2.24) is 0 Å². The highest BCUT2D eigenvalue weighted by Gasteiger charge is 2.20. The Morgan fingerprint density at radius 1 is 1.08 bits per heavy atom. The van der Waals surface area contributed by atoms with Gasteiger partial charge in [0.2, 0.25) is 9.84 Å². The summed E-state index contributed by atoms with van der Waals surface area (Å²) in [6, 6.07) is 11.1. The molecule has 0 aliphatic heterocycles. The second-order valence-corrected chi connectivity index (χ2v) is 7.33. The number of benzene rings is 2. The Bertz CT molecular complexity index is 827. The lowest BCUT2D eigenvalue weighted by Gasteiger charge is -2.09. The SMILES string of the molecule is CCOC(=O)c1ccc(S(=O)(=O)c2ccc(CCN)cc2)cc1C. The maximum absolute atomic E-state index is 12.7. The normalized spacial score (nSPS) is 11.3.